The number of nitrogens with one attached hydrogen (secondary N) is 1. The number of anilines is 1. The molecule has 0 saturated heterocycles. The molecule has 0 aliphatic rings. The van der Waals surface area contributed by atoms with Gasteiger partial charge >= 0.3 is 5.97 Å². The highest BCUT2D eigenvalue weighted by Crippen LogP contribution is 2.26. The standard InChI is InChI=1S/C31H29N3O6S/c1-3-39-27-17-13-26(14-18-27)34(41(37,38)29-19-9-23(2)10-20-29)22-30(35)33-32-21-24-11-15-28(16-12-24)40-31(36)25-7-5-4-6-8-25/h4-21H,3,22H2,1-2H3,(H,33,35)/b32-21-. The lowest BCUT2D eigenvalue weighted by Crippen LogP contribution is -2.39. The SMILES string of the molecule is CCOc1ccc(N(CC(=O)N/N=C\c2ccc(OC(=O)c3ccccc3)cc2)S(=O)(=O)c2ccc(C)cc2)cc1. The summed E-state index contributed by atoms with van der Waals surface area (Å²) in [6, 6.07) is 28.0. The lowest BCUT2D eigenvalue weighted by molar-refractivity contribution is -0.119. The highest BCUT2D eigenvalue weighted by atomic mass is 32.2. The highest BCUT2D eigenvalue weighted by Gasteiger charge is 2.27. The number of benzene rings is 4. The van der Waals surface area contributed by atoms with Crippen LogP contribution in [0.3, 0.4) is 0 Å². The van der Waals surface area contributed by atoms with E-state index in [0.29, 0.717) is 34.9 Å². The third kappa shape index (κ3) is 7.80. The number of rotatable bonds is 11. The van der Waals surface area contributed by atoms with Gasteiger partial charge in [-0.15, -0.1) is 0 Å². The minimum Gasteiger partial charge on any atom is -0.494 e. The van der Waals surface area contributed by atoms with Gasteiger partial charge < -0.3 is 9.47 Å². The molecule has 0 heterocycles. The predicted molar refractivity (Wildman–Crippen MR) is 157 cm³/mol. The zero-order chi connectivity index (χ0) is 29.2. The van der Waals surface area contributed by atoms with Crippen molar-refractivity contribution in [2.45, 2.75) is 18.7 Å². The van der Waals surface area contributed by atoms with Gasteiger partial charge in [-0.25, -0.2) is 18.6 Å². The summed E-state index contributed by atoms with van der Waals surface area (Å²) in [5, 5.41) is 3.96. The number of ether oxygens (including phenoxy) is 2. The van der Waals surface area contributed by atoms with E-state index in [0.717, 1.165) is 9.87 Å². The van der Waals surface area contributed by atoms with Crippen LogP contribution in [0.5, 0.6) is 11.5 Å². The Morgan fingerprint density at radius 3 is 2.12 bits per heavy atom. The van der Waals surface area contributed by atoms with Gasteiger partial charge in [0.2, 0.25) is 0 Å². The van der Waals surface area contributed by atoms with E-state index >= 15 is 0 Å². The Labute approximate surface area is 239 Å². The van der Waals surface area contributed by atoms with Gasteiger partial charge in [0.15, 0.2) is 0 Å². The molecule has 4 aromatic carbocycles. The van der Waals surface area contributed by atoms with E-state index in [1.54, 1.807) is 84.9 Å². The molecule has 1 N–H and O–H groups in total. The average molecular weight is 572 g/mol. The van der Waals surface area contributed by atoms with Gasteiger partial charge in [0.05, 0.1) is 29.0 Å². The molecule has 0 bridgehead atoms. The van der Waals surface area contributed by atoms with E-state index in [9.17, 15) is 18.0 Å². The van der Waals surface area contributed by atoms with E-state index in [1.165, 1.54) is 18.3 Å². The molecule has 0 aliphatic carbocycles. The summed E-state index contributed by atoms with van der Waals surface area (Å²) in [7, 11) is -4.06. The number of esters is 1. The molecule has 0 aliphatic heterocycles. The van der Waals surface area contributed by atoms with Crippen molar-refractivity contribution in [3.05, 3.63) is 120 Å². The van der Waals surface area contributed by atoms with Crippen LogP contribution >= 0.6 is 0 Å². The molecule has 4 rings (SSSR count). The molecular formula is C31H29N3O6S. The molecule has 10 heteroatoms. The first-order valence-corrected chi connectivity index (χ1v) is 14.2. The van der Waals surface area contributed by atoms with Crippen molar-refractivity contribution >= 4 is 33.8 Å². The van der Waals surface area contributed by atoms with Gasteiger partial charge in [0.1, 0.15) is 18.0 Å². The van der Waals surface area contributed by atoms with Crippen LogP contribution in [0.4, 0.5) is 5.69 Å². The largest absolute Gasteiger partial charge is 0.494 e. The number of hydrogen-bond acceptors (Lipinski definition) is 7. The zero-order valence-electron chi connectivity index (χ0n) is 22.6. The number of hydrogen-bond donors (Lipinski definition) is 1. The Kier molecular flexibility index (Phi) is 9.49. The smallest absolute Gasteiger partial charge is 0.343 e. The van der Waals surface area contributed by atoms with Crippen LogP contribution in [0.25, 0.3) is 0 Å². The van der Waals surface area contributed by atoms with Crippen LogP contribution in [0.1, 0.15) is 28.4 Å². The zero-order valence-corrected chi connectivity index (χ0v) is 23.4. The Balaban J connectivity index is 1.43. The Morgan fingerprint density at radius 2 is 1.49 bits per heavy atom. The summed E-state index contributed by atoms with van der Waals surface area (Å²) in [4.78, 5) is 25.1. The van der Waals surface area contributed by atoms with Gasteiger partial charge in [-0.3, -0.25) is 9.10 Å². The first-order chi connectivity index (χ1) is 19.8. The van der Waals surface area contributed by atoms with Crippen molar-refractivity contribution in [1.82, 2.24) is 5.43 Å². The average Bonchev–Trinajstić information content (AvgIpc) is 2.98. The van der Waals surface area contributed by atoms with Gasteiger partial charge in [0.25, 0.3) is 15.9 Å². The fourth-order valence-corrected chi connectivity index (χ4v) is 5.16. The summed E-state index contributed by atoms with van der Waals surface area (Å²) in [6.45, 7) is 3.67. The summed E-state index contributed by atoms with van der Waals surface area (Å²) in [5.41, 5.74) is 4.65. The van der Waals surface area contributed by atoms with E-state index in [4.69, 9.17) is 9.47 Å². The second kappa shape index (κ2) is 13.4. The molecule has 0 atom stereocenters. The van der Waals surface area contributed by atoms with Gasteiger partial charge in [-0.05, 0) is 92.2 Å². The predicted octanol–water partition coefficient (Wildman–Crippen LogP) is 4.96. The third-order valence-corrected chi connectivity index (χ3v) is 7.62. The summed E-state index contributed by atoms with van der Waals surface area (Å²) < 4.78 is 38.9. The van der Waals surface area contributed by atoms with Crippen LogP contribution in [0.2, 0.25) is 0 Å². The molecule has 4 aromatic rings. The normalized spacial score (nSPS) is 11.2. The van der Waals surface area contributed by atoms with Crippen molar-refractivity contribution in [3.8, 4) is 11.5 Å². The molecule has 0 spiro atoms. The van der Waals surface area contributed by atoms with Crippen LogP contribution in [-0.4, -0.2) is 39.7 Å². The minimum atomic E-state index is -4.06. The summed E-state index contributed by atoms with van der Waals surface area (Å²) in [5.74, 6) is -0.178. The first-order valence-electron chi connectivity index (χ1n) is 12.8. The van der Waals surface area contributed by atoms with Crippen LogP contribution in [-0.2, 0) is 14.8 Å². The second-order valence-corrected chi connectivity index (χ2v) is 10.7. The summed E-state index contributed by atoms with van der Waals surface area (Å²) >= 11 is 0. The van der Waals surface area contributed by atoms with Crippen LogP contribution < -0.4 is 19.2 Å². The quantitative estimate of drug-likeness (QED) is 0.118. The maximum atomic E-state index is 13.5. The van der Waals surface area contributed by atoms with Crippen LogP contribution in [0, 0.1) is 6.92 Å². The van der Waals surface area contributed by atoms with Gasteiger partial charge in [0, 0.05) is 0 Å². The van der Waals surface area contributed by atoms with Crippen molar-refractivity contribution in [2.24, 2.45) is 5.10 Å². The number of amides is 1. The molecular weight excluding hydrogens is 542 g/mol. The number of aryl methyl sites for hydroxylation is 1. The monoisotopic (exact) mass is 571 g/mol. The number of hydrazone groups is 1. The molecule has 0 aromatic heterocycles. The first kappa shape index (κ1) is 29.0. The lowest BCUT2D eigenvalue weighted by Gasteiger charge is -2.24. The molecule has 41 heavy (non-hydrogen) atoms. The lowest BCUT2D eigenvalue weighted by atomic mass is 10.2. The van der Waals surface area contributed by atoms with E-state index < -0.39 is 28.4 Å². The molecule has 0 unspecified atom stereocenters. The van der Waals surface area contributed by atoms with Crippen molar-refractivity contribution in [1.29, 1.82) is 0 Å². The second-order valence-electron chi connectivity index (χ2n) is 8.87. The fourth-order valence-electron chi connectivity index (χ4n) is 3.73. The molecule has 0 fully saturated rings. The van der Waals surface area contributed by atoms with Gasteiger partial charge in [-0.1, -0.05) is 35.9 Å². The summed E-state index contributed by atoms with van der Waals surface area (Å²) in [6.07, 6.45) is 1.40. The third-order valence-electron chi connectivity index (χ3n) is 5.83. The Hall–Kier alpha value is -4.96. The van der Waals surface area contributed by atoms with Crippen molar-refractivity contribution < 1.29 is 27.5 Å². The molecule has 0 radical (unpaired) electrons. The molecule has 210 valence electrons. The van der Waals surface area contributed by atoms with E-state index in [1.807, 2.05) is 19.9 Å². The Bertz CT molecular complexity index is 1600. The number of carbonyl (C=O) groups excluding carboxylic acids is 2. The number of sulfonamides is 1. The molecule has 1 amide bonds. The van der Waals surface area contributed by atoms with E-state index in [2.05, 4.69) is 10.5 Å². The van der Waals surface area contributed by atoms with Crippen LogP contribution in [0.15, 0.2) is 113 Å². The number of nitrogens with zero attached hydrogens (tertiary/aromatic N) is 2. The van der Waals surface area contributed by atoms with Crippen molar-refractivity contribution in [3.63, 3.8) is 0 Å². The maximum absolute atomic E-state index is 13.5. The van der Waals surface area contributed by atoms with Gasteiger partial charge in [-0.2, -0.15) is 5.10 Å². The topological polar surface area (TPSA) is 114 Å². The Morgan fingerprint density at radius 1 is 0.854 bits per heavy atom. The molecule has 0 saturated carbocycles. The minimum absolute atomic E-state index is 0.0568. The van der Waals surface area contributed by atoms with Crippen molar-refractivity contribution in [2.75, 3.05) is 17.5 Å². The highest BCUT2D eigenvalue weighted by molar-refractivity contribution is 7.92. The van der Waals surface area contributed by atoms with E-state index in [-0.39, 0.29) is 4.90 Å². The maximum Gasteiger partial charge on any atom is 0.343 e. The molecule has 9 nitrogen and oxygen atoms in total. The fraction of sp³-hybridized carbons (Fsp3) is 0.129. The number of carbonyl (C=O) groups is 2.